The van der Waals surface area contributed by atoms with Crippen LogP contribution in [0.15, 0.2) is 0 Å². The molecule has 0 bridgehead atoms. The molecule has 0 radical (unpaired) electrons. The Labute approximate surface area is 48.2 Å². The Kier molecular flexibility index (Phi) is 238. The minimum absolute atomic E-state index is 0. The topological polar surface area (TPSA) is 158 Å². The maximum atomic E-state index is 8.36. The van der Waals surface area contributed by atoms with Gasteiger partial charge in [0.25, 0.3) is 5.09 Å². The third-order valence-electron chi connectivity index (χ3n) is 0. The molecule has 0 spiro atoms. The second kappa shape index (κ2) is 34.0. The van der Waals surface area contributed by atoms with Crippen LogP contribution in [0.3, 0.4) is 0 Å². The fourth-order valence-corrected chi connectivity index (χ4v) is 0. The Morgan fingerprint density at radius 2 is 1.25 bits per heavy atom. The van der Waals surface area contributed by atoms with Gasteiger partial charge in [-0.3, -0.25) is 0 Å². The van der Waals surface area contributed by atoms with Crippen LogP contribution in [0.25, 0.3) is 0 Å². The van der Waals surface area contributed by atoms with Crippen molar-refractivity contribution in [1.82, 2.24) is 0 Å². The van der Waals surface area contributed by atoms with Gasteiger partial charge >= 0.3 is 10.1 Å². The number of hydrogen-bond donors (Lipinski definition) is 1. The van der Waals surface area contributed by atoms with Crippen molar-refractivity contribution in [3.05, 3.63) is 10.1 Å². The van der Waals surface area contributed by atoms with Crippen LogP contribution in [-0.4, -0.2) is 36.8 Å². The molecule has 0 aromatic heterocycles. The van der Waals surface area contributed by atoms with E-state index in [4.69, 9.17) is 15.3 Å². The molecule has 0 fully saturated rings. The molecular weight excluding hydrogens is 119 g/mol. The predicted molar refractivity (Wildman–Crippen MR) is 28.2 cm³/mol. The van der Waals surface area contributed by atoms with Crippen molar-refractivity contribution in [3.8, 4) is 0 Å². The zero-order valence-electron chi connectivity index (χ0n) is 3.21. The summed E-state index contributed by atoms with van der Waals surface area (Å²) in [6.07, 6.45) is 0. The zero-order chi connectivity index (χ0) is 3.58. The molecule has 0 saturated carbocycles. The summed E-state index contributed by atoms with van der Waals surface area (Å²) in [4.78, 5) is 8.36. The maximum absolute atomic E-state index is 8.36. The minimum atomic E-state index is -1.50. The second-order valence-corrected chi connectivity index (χ2v) is 0.238. The van der Waals surface area contributed by atoms with Gasteiger partial charge < -0.3 is 21.6 Å². The van der Waals surface area contributed by atoms with E-state index in [1.165, 1.54) is 0 Å². The van der Waals surface area contributed by atoms with E-state index in [0.717, 1.165) is 0 Å². The van der Waals surface area contributed by atoms with Gasteiger partial charge in [-0.15, -0.1) is 10.1 Å². The van der Waals surface area contributed by atoms with Crippen molar-refractivity contribution >= 4 is 10.1 Å². The second-order valence-electron chi connectivity index (χ2n) is 0.238. The fourth-order valence-electron chi connectivity index (χ4n) is 0. The van der Waals surface area contributed by atoms with Gasteiger partial charge in [-0.25, -0.2) is 0 Å². The van der Waals surface area contributed by atoms with E-state index < -0.39 is 5.09 Å². The van der Waals surface area contributed by atoms with Crippen LogP contribution in [-0.2, 0) is 0 Å². The number of hydrogen-bond acceptors (Lipinski definition) is 2. The van der Waals surface area contributed by atoms with Crippen molar-refractivity contribution in [2.45, 2.75) is 0 Å². The van der Waals surface area contributed by atoms with Gasteiger partial charge in [0.05, 0.1) is 0 Å². The Bertz CT molecular complexity index is 31.5. The molecule has 7 N–H and O–H groups in total. The summed E-state index contributed by atoms with van der Waals surface area (Å²) >= 11 is 0. The van der Waals surface area contributed by atoms with Crippen LogP contribution in [0.4, 0.5) is 0 Å². The molecule has 0 unspecified atom stereocenters. The monoisotopic (exact) mass is 128 g/mol. The molecular formula is H9BeNO6. The number of rotatable bonds is 0. The van der Waals surface area contributed by atoms with Gasteiger partial charge in [0.1, 0.15) is 0 Å². The van der Waals surface area contributed by atoms with E-state index in [9.17, 15) is 0 Å². The molecule has 0 atom stereocenters. The van der Waals surface area contributed by atoms with E-state index in [2.05, 4.69) is 0 Å². The molecule has 0 rings (SSSR count). The first kappa shape index (κ1) is 56.0. The quantitative estimate of drug-likeness (QED) is 0.202. The first-order valence-corrected chi connectivity index (χ1v) is 0.565. The molecule has 52 valence electrons. The standard InChI is InChI=1S/Be.HNO3.3H2O.2H/c;2-1(3)4;;;;;/h;(H,2,3,4);3*1H2;;. The van der Waals surface area contributed by atoms with E-state index in [1.54, 1.807) is 0 Å². The van der Waals surface area contributed by atoms with Crippen molar-refractivity contribution in [2.75, 3.05) is 0 Å². The van der Waals surface area contributed by atoms with Crippen molar-refractivity contribution in [3.63, 3.8) is 0 Å². The van der Waals surface area contributed by atoms with E-state index in [-0.39, 0.29) is 26.5 Å². The van der Waals surface area contributed by atoms with Crippen molar-refractivity contribution < 1.29 is 26.7 Å². The van der Waals surface area contributed by atoms with Gasteiger partial charge in [0.15, 0.2) is 0 Å². The van der Waals surface area contributed by atoms with Crippen LogP contribution in [0.2, 0.25) is 0 Å². The molecule has 8 heteroatoms. The Morgan fingerprint density at radius 3 is 1.25 bits per heavy atom. The summed E-state index contributed by atoms with van der Waals surface area (Å²) in [7, 11) is 0. The van der Waals surface area contributed by atoms with E-state index in [0.29, 0.717) is 0 Å². The van der Waals surface area contributed by atoms with Gasteiger partial charge in [-0.05, 0) is 0 Å². The van der Waals surface area contributed by atoms with E-state index >= 15 is 0 Å². The molecule has 0 amide bonds. The first-order chi connectivity index (χ1) is 1.73. The van der Waals surface area contributed by atoms with Crippen LogP contribution < -0.4 is 0 Å². The summed E-state index contributed by atoms with van der Waals surface area (Å²) in [5.41, 5.74) is 0. The molecule has 0 aliphatic heterocycles. The average molecular weight is 128 g/mol. The molecule has 0 heterocycles. The SMILES string of the molecule is O.O.O.O=[N+]([O-])O.[BeH2]. The summed E-state index contributed by atoms with van der Waals surface area (Å²) in [5.74, 6) is 0. The normalized spacial score (nSPS) is 3.00. The van der Waals surface area contributed by atoms with Gasteiger partial charge in [-0.1, -0.05) is 0 Å². The van der Waals surface area contributed by atoms with Gasteiger partial charge in [-0.2, -0.15) is 0 Å². The fraction of sp³-hybridized carbons (Fsp3) is 0. The molecule has 0 aromatic carbocycles. The predicted octanol–water partition coefficient (Wildman–Crippen LogP) is -3.74. The summed E-state index contributed by atoms with van der Waals surface area (Å²) in [6, 6.07) is 0. The third-order valence-corrected chi connectivity index (χ3v) is 0. The molecule has 7 nitrogen and oxygen atoms in total. The van der Waals surface area contributed by atoms with Crippen LogP contribution in [0.5, 0.6) is 0 Å². The summed E-state index contributed by atoms with van der Waals surface area (Å²) < 4.78 is 0. The van der Waals surface area contributed by atoms with E-state index in [1.807, 2.05) is 0 Å². The molecule has 0 saturated heterocycles. The summed E-state index contributed by atoms with van der Waals surface area (Å²) in [5, 5.41) is 13.6. The van der Waals surface area contributed by atoms with Crippen molar-refractivity contribution in [1.29, 1.82) is 0 Å². The van der Waals surface area contributed by atoms with Crippen LogP contribution >= 0.6 is 0 Å². The third kappa shape index (κ3) is 168. The van der Waals surface area contributed by atoms with Gasteiger partial charge in [0.2, 0.25) is 0 Å². The molecule has 8 heavy (non-hydrogen) atoms. The van der Waals surface area contributed by atoms with Crippen LogP contribution in [0, 0.1) is 10.1 Å². The average Bonchev–Trinajstić information content (AvgIpc) is 0.811. The molecule has 0 aliphatic carbocycles. The molecule has 0 aliphatic rings. The Morgan fingerprint density at radius 1 is 1.25 bits per heavy atom. The summed E-state index contributed by atoms with van der Waals surface area (Å²) in [6.45, 7) is 0. The Balaban J connectivity index is -0.00000000750. The van der Waals surface area contributed by atoms with Crippen molar-refractivity contribution in [2.24, 2.45) is 0 Å². The Hall–Kier alpha value is -0.751. The first-order valence-electron chi connectivity index (χ1n) is 0.565. The number of nitrogens with zero attached hydrogens (tertiary/aromatic N) is 1. The van der Waals surface area contributed by atoms with Gasteiger partial charge in [0, 0.05) is 0 Å². The molecule has 0 aromatic rings. The van der Waals surface area contributed by atoms with Crippen LogP contribution in [0.1, 0.15) is 0 Å². The zero-order valence-corrected chi connectivity index (χ0v) is 3.21.